The van der Waals surface area contributed by atoms with Crippen LogP contribution in [0.1, 0.15) is 22.7 Å². The van der Waals surface area contributed by atoms with Gasteiger partial charge in [-0.3, -0.25) is 0 Å². The average Bonchev–Trinajstić information content (AvgIpc) is 2.62. The van der Waals surface area contributed by atoms with Gasteiger partial charge in [-0.05, 0) is 36.2 Å². The molecule has 1 fully saturated rings. The minimum Gasteiger partial charge on any atom is -0.313 e. The van der Waals surface area contributed by atoms with Crippen molar-refractivity contribution in [3.05, 3.63) is 64.2 Å². The highest BCUT2D eigenvalue weighted by Crippen LogP contribution is 2.33. The quantitative estimate of drug-likeness (QED) is 0.895. The van der Waals surface area contributed by atoms with Crippen LogP contribution in [0.25, 0.3) is 0 Å². The summed E-state index contributed by atoms with van der Waals surface area (Å²) in [5.74, 6) is 0. The molecule has 130 valence electrons. The molecule has 1 unspecified atom stereocenters. The number of rotatable bonds is 3. The summed E-state index contributed by atoms with van der Waals surface area (Å²) in [6.45, 7) is 3.13. The summed E-state index contributed by atoms with van der Waals surface area (Å²) in [5.41, 5.74) is 1.72. The normalized spacial score (nSPS) is 18.7. The molecular formula is C18H18ClN3O2S. The van der Waals surface area contributed by atoms with Crippen molar-refractivity contribution >= 4 is 21.6 Å². The van der Waals surface area contributed by atoms with Gasteiger partial charge in [0.25, 0.3) is 0 Å². The number of halogens is 1. The van der Waals surface area contributed by atoms with E-state index < -0.39 is 16.1 Å². The van der Waals surface area contributed by atoms with Gasteiger partial charge in [0.05, 0.1) is 22.6 Å². The summed E-state index contributed by atoms with van der Waals surface area (Å²) in [4.78, 5) is 0.172. The van der Waals surface area contributed by atoms with Crippen LogP contribution in [0.4, 0.5) is 0 Å². The van der Waals surface area contributed by atoms with E-state index in [1.807, 2.05) is 24.3 Å². The molecule has 0 saturated carbocycles. The van der Waals surface area contributed by atoms with E-state index in [9.17, 15) is 8.42 Å². The van der Waals surface area contributed by atoms with Crippen LogP contribution in [0.15, 0.2) is 47.4 Å². The number of nitrogens with one attached hydrogen (secondary N) is 1. The number of hydrogen-bond donors (Lipinski definition) is 1. The smallest absolute Gasteiger partial charge is 0.244 e. The topological polar surface area (TPSA) is 73.2 Å². The maximum atomic E-state index is 13.3. The van der Waals surface area contributed by atoms with Gasteiger partial charge in [-0.25, -0.2) is 8.42 Å². The number of aryl methyl sites for hydroxylation is 1. The van der Waals surface area contributed by atoms with Gasteiger partial charge in [-0.15, -0.1) is 0 Å². The van der Waals surface area contributed by atoms with Gasteiger partial charge in [-0.1, -0.05) is 35.9 Å². The molecule has 1 heterocycles. The van der Waals surface area contributed by atoms with Crippen molar-refractivity contribution in [2.45, 2.75) is 17.9 Å². The summed E-state index contributed by atoms with van der Waals surface area (Å²) >= 11 is 6.31. The molecule has 1 aliphatic heterocycles. The van der Waals surface area contributed by atoms with Crippen LogP contribution in [0, 0.1) is 18.3 Å². The van der Waals surface area contributed by atoms with E-state index in [1.165, 1.54) is 10.4 Å². The standard InChI is InChI=1S/C18H18ClN3O2S/c1-13-6-7-14(11-20)10-18(13)25(23,24)22-9-8-21-12-17(22)15-4-2-3-5-16(15)19/h2-7,10,17,21H,8-9,12H2,1H3. The predicted octanol–water partition coefficient (Wildman–Crippen LogP) is 2.86. The fraction of sp³-hybridized carbons (Fsp3) is 0.278. The van der Waals surface area contributed by atoms with E-state index in [0.29, 0.717) is 35.8 Å². The van der Waals surface area contributed by atoms with Crippen molar-refractivity contribution in [3.8, 4) is 6.07 Å². The lowest BCUT2D eigenvalue weighted by Gasteiger charge is -2.36. The molecule has 3 rings (SSSR count). The SMILES string of the molecule is Cc1ccc(C#N)cc1S(=O)(=O)N1CCNCC1c1ccccc1Cl. The molecule has 2 aromatic carbocycles. The summed E-state index contributed by atoms with van der Waals surface area (Å²) in [6, 6.07) is 13.6. The first-order valence-corrected chi connectivity index (χ1v) is 9.74. The minimum atomic E-state index is -3.76. The molecule has 0 spiro atoms. The number of benzene rings is 2. The molecule has 7 heteroatoms. The first-order chi connectivity index (χ1) is 11.9. The van der Waals surface area contributed by atoms with Crippen molar-refractivity contribution in [2.24, 2.45) is 0 Å². The Morgan fingerprint density at radius 3 is 2.76 bits per heavy atom. The zero-order valence-corrected chi connectivity index (χ0v) is 15.3. The van der Waals surface area contributed by atoms with Crippen molar-refractivity contribution in [1.29, 1.82) is 5.26 Å². The predicted molar refractivity (Wildman–Crippen MR) is 96.8 cm³/mol. The van der Waals surface area contributed by atoms with Gasteiger partial charge < -0.3 is 5.32 Å². The Morgan fingerprint density at radius 2 is 2.04 bits per heavy atom. The zero-order chi connectivity index (χ0) is 18.0. The Hall–Kier alpha value is -1.91. The Morgan fingerprint density at radius 1 is 1.28 bits per heavy atom. The highest BCUT2D eigenvalue weighted by atomic mass is 35.5. The first kappa shape index (κ1) is 17.9. The number of nitrogens with zero attached hydrogens (tertiary/aromatic N) is 2. The molecular weight excluding hydrogens is 358 g/mol. The first-order valence-electron chi connectivity index (χ1n) is 7.93. The maximum Gasteiger partial charge on any atom is 0.244 e. The second-order valence-corrected chi connectivity index (χ2v) is 8.22. The lowest BCUT2D eigenvalue weighted by molar-refractivity contribution is 0.271. The number of nitriles is 1. The molecule has 1 saturated heterocycles. The van der Waals surface area contributed by atoms with Crippen LogP contribution in [-0.4, -0.2) is 32.4 Å². The molecule has 5 nitrogen and oxygen atoms in total. The lowest BCUT2D eigenvalue weighted by atomic mass is 10.1. The molecule has 1 atom stereocenters. The Balaban J connectivity index is 2.09. The molecule has 1 N–H and O–H groups in total. The molecule has 0 radical (unpaired) electrons. The third-order valence-corrected chi connectivity index (χ3v) is 6.76. The fourth-order valence-electron chi connectivity index (χ4n) is 3.06. The molecule has 2 aromatic rings. The minimum absolute atomic E-state index is 0.172. The molecule has 0 bridgehead atoms. The monoisotopic (exact) mass is 375 g/mol. The molecule has 0 aliphatic carbocycles. The maximum absolute atomic E-state index is 13.3. The van der Waals surface area contributed by atoms with E-state index in [-0.39, 0.29) is 4.90 Å². The second-order valence-electron chi connectivity index (χ2n) is 5.95. The van der Waals surface area contributed by atoms with E-state index in [1.54, 1.807) is 25.1 Å². The summed E-state index contributed by atoms with van der Waals surface area (Å²) in [7, 11) is -3.76. The number of piperazine rings is 1. The Kier molecular flexibility index (Phi) is 5.11. The van der Waals surface area contributed by atoms with Crippen molar-refractivity contribution < 1.29 is 8.42 Å². The summed E-state index contributed by atoms with van der Waals surface area (Å²) in [6.07, 6.45) is 0. The van der Waals surface area contributed by atoms with Crippen LogP contribution >= 0.6 is 11.6 Å². The second kappa shape index (κ2) is 7.14. The van der Waals surface area contributed by atoms with Gasteiger partial charge in [0.1, 0.15) is 0 Å². The van der Waals surface area contributed by atoms with Gasteiger partial charge in [0, 0.05) is 24.7 Å². The Labute approximate surface area is 152 Å². The molecule has 0 aromatic heterocycles. The van der Waals surface area contributed by atoms with Crippen LogP contribution in [0.3, 0.4) is 0 Å². The highest BCUT2D eigenvalue weighted by Gasteiger charge is 2.36. The van der Waals surface area contributed by atoms with E-state index in [0.717, 1.165) is 5.56 Å². The van der Waals surface area contributed by atoms with Gasteiger partial charge >= 0.3 is 0 Å². The van der Waals surface area contributed by atoms with E-state index in [4.69, 9.17) is 16.9 Å². The van der Waals surface area contributed by atoms with Crippen molar-refractivity contribution in [3.63, 3.8) is 0 Å². The van der Waals surface area contributed by atoms with Crippen LogP contribution in [-0.2, 0) is 10.0 Å². The van der Waals surface area contributed by atoms with Crippen molar-refractivity contribution in [1.82, 2.24) is 9.62 Å². The average molecular weight is 376 g/mol. The third-order valence-electron chi connectivity index (χ3n) is 4.36. The lowest BCUT2D eigenvalue weighted by Crippen LogP contribution is -2.48. The largest absolute Gasteiger partial charge is 0.313 e. The number of sulfonamides is 1. The van der Waals surface area contributed by atoms with Crippen LogP contribution in [0.5, 0.6) is 0 Å². The zero-order valence-electron chi connectivity index (χ0n) is 13.7. The molecule has 25 heavy (non-hydrogen) atoms. The Bertz CT molecular complexity index is 938. The third kappa shape index (κ3) is 3.42. The van der Waals surface area contributed by atoms with Crippen LogP contribution in [0.2, 0.25) is 5.02 Å². The summed E-state index contributed by atoms with van der Waals surface area (Å²) in [5, 5.41) is 12.9. The van der Waals surface area contributed by atoms with E-state index >= 15 is 0 Å². The molecule has 0 amide bonds. The highest BCUT2D eigenvalue weighted by molar-refractivity contribution is 7.89. The summed E-state index contributed by atoms with van der Waals surface area (Å²) < 4.78 is 28.1. The van der Waals surface area contributed by atoms with Gasteiger partial charge in [0.15, 0.2) is 0 Å². The van der Waals surface area contributed by atoms with Gasteiger partial charge in [-0.2, -0.15) is 9.57 Å². The van der Waals surface area contributed by atoms with Crippen molar-refractivity contribution in [2.75, 3.05) is 19.6 Å². The fourth-order valence-corrected chi connectivity index (χ4v) is 5.18. The van der Waals surface area contributed by atoms with Gasteiger partial charge in [0.2, 0.25) is 10.0 Å². The van der Waals surface area contributed by atoms with E-state index in [2.05, 4.69) is 5.32 Å². The number of hydrogen-bond acceptors (Lipinski definition) is 4. The van der Waals surface area contributed by atoms with Crippen LogP contribution < -0.4 is 5.32 Å². The molecule has 1 aliphatic rings.